The van der Waals surface area contributed by atoms with Crippen LogP contribution in [-0.2, 0) is 12.0 Å². The van der Waals surface area contributed by atoms with E-state index < -0.39 is 0 Å². The van der Waals surface area contributed by atoms with Gasteiger partial charge >= 0.3 is 0 Å². The van der Waals surface area contributed by atoms with Crippen molar-refractivity contribution in [1.82, 2.24) is 14.9 Å². The third-order valence-electron chi connectivity index (χ3n) is 4.47. The lowest BCUT2D eigenvalue weighted by atomic mass is 9.78. The molecule has 0 spiro atoms. The van der Waals surface area contributed by atoms with Gasteiger partial charge in [-0.3, -0.25) is 0 Å². The van der Waals surface area contributed by atoms with E-state index in [2.05, 4.69) is 59.2 Å². The Bertz CT molecular complexity index is 579. The fourth-order valence-electron chi connectivity index (χ4n) is 3.19. The van der Waals surface area contributed by atoms with Gasteiger partial charge < -0.3 is 9.88 Å². The molecule has 1 fully saturated rings. The summed E-state index contributed by atoms with van der Waals surface area (Å²) in [4.78, 5) is 4.40. The van der Waals surface area contributed by atoms with Crippen LogP contribution in [0.3, 0.4) is 0 Å². The molecule has 0 amide bonds. The van der Waals surface area contributed by atoms with Crippen molar-refractivity contribution < 1.29 is 0 Å². The maximum Gasteiger partial charge on any atom is 0.0951 e. The molecule has 2 aromatic rings. The van der Waals surface area contributed by atoms with Crippen molar-refractivity contribution in [1.29, 1.82) is 0 Å². The smallest absolute Gasteiger partial charge is 0.0951 e. The van der Waals surface area contributed by atoms with E-state index in [1.54, 1.807) is 0 Å². The molecule has 1 aromatic heterocycles. The predicted octanol–water partition coefficient (Wildman–Crippen LogP) is 2.88. The van der Waals surface area contributed by atoms with E-state index in [0.717, 1.165) is 19.6 Å². The molecule has 1 aliphatic heterocycles. The quantitative estimate of drug-likeness (QED) is 0.928. The Balaban J connectivity index is 1.86. The Labute approximate surface area is 121 Å². The molecule has 0 bridgehead atoms. The first-order valence-electron chi connectivity index (χ1n) is 7.44. The summed E-state index contributed by atoms with van der Waals surface area (Å²) in [6.45, 7) is 7.64. The Kier molecular flexibility index (Phi) is 3.62. The molecule has 0 aliphatic carbocycles. The molecule has 0 radical (unpaired) electrons. The van der Waals surface area contributed by atoms with Crippen molar-refractivity contribution in [3.63, 3.8) is 0 Å². The van der Waals surface area contributed by atoms with Gasteiger partial charge in [-0.1, -0.05) is 36.8 Å². The molecule has 1 aromatic carbocycles. The van der Waals surface area contributed by atoms with E-state index >= 15 is 0 Å². The minimum absolute atomic E-state index is 0.256. The Morgan fingerprint density at radius 3 is 2.85 bits per heavy atom. The van der Waals surface area contributed by atoms with Crippen LogP contribution >= 0.6 is 0 Å². The molecular formula is C17H23N3. The summed E-state index contributed by atoms with van der Waals surface area (Å²) in [7, 11) is 0. The Hall–Kier alpha value is -1.61. The molecule has 2 heterocycles. The van der Waals surface area contributed by atoms with Gasteiger partial charge in [0.25, 0.3) is 0 Å². The number of hydrogen-bond donors (Lipinski definition) is 1. The van der Waals surface area contributed by atoms with Crippen LogP contribution in [0.25, 0.3) is 0 Å². The molecule has 20 heavy (non-hydrogen) atoms. The summed E-state index contributed by atoms with van der Waals surface area (Å²) in [6.07, 6.45) is 6.41. The second-order valence-corrected chi connectivity index (χ2v) is 6.21. The van der Waals surface area contributed by atoms with Gasteiger partial charge in [0.1, 0.15) is 0 Å². The zero-order chi connectivity index (χ0) is 14.0. The van der Waals surface area contributed by atoms with Crippen LogP contribution in [0, 0.1) is 6.92 Å². The van der Waals surface area contributed by atoms with Crippen molar-refractivity contribution in [3.05, 3.63) is 53.6 Å². The van der Waals surface area contributed by atoms with E-state index in [1.807, 2.05) is 6.33 Å². The topological polar surface area (TPSA) is 29.9 Å². The lowest BCUT2D eigenvalue weighted by Gasteiger charge is -2.34. The van der Waals surface area contributed by atoms with Crippen LogP contribution in [0.4, 0.5) is 0 Å². The van der Waals surface area contributed by atoms with E-state index in [0.29, 0.717) is 0 Å². The van der Waals surface area contributed by atoms with Gasteiger partial charge in [0.05, 0.1) is 6.33 Å². The third kappa shape index (κ3) is 2.63. The maximum absolute atomic E-state index is 4.40. The molecule has 1 aliphatic rings. The number of aryl methyl sites for hydroxylation is 1. The minimum Gasteiger partial charge on any atom is -0.330 e. The van der Waals surface area contributed by atoms with E-state index in [-0.39, 0.29) is 5.41 Å². The fraction of sp³-hybridized carbons (Fsp3) is 0.471. The largest absolute Gasteiger partial charge is 0.330 e. The van der Waals surface area contributed by atoms with Crippen LogP contribution in [0.2, 0.25) is 0 Å². The summed E-state index contributed by atoms with van der Waals surface area (Å²) in [5.41, 5.74) is 4.30. The first-order chi connectivity index (χ1) is 9.67. The molecule has 1 saturated heterocycles. The van der Waals surface area contributed by atoms with Gasteiger partial charge in [0.15, 0.2) is 0 Å². The van der Waals surface area contributed by atoms with Crippen molar-refractivity contribution in [2.75, 3.05) is 13.1 Å². The number of nitrogens with zero attached hydrogens (tertiary/aromatic N) is 2. The first-order valence-corrected chi connectivity index (χ1v) is 7.44. The molecule has 1 N–H and O–H groups in total. The number of rotatable bonds is 3. The number of nitrogens with one attached hydrogen (secondary N) is 1. The second kappa shape index (κ2) is 5.41. The molecular weight excluding hydrogens is 246 g/mol. The normalized spacial score (nSPS) is 18.1. The van der Waals surface area contributed by atoms with Gasteiger partial charge in [-0.05, 0) is 38.4 Å². The summed E-state index contributed by atoms with van der Waals surface area (Å²) < 4.78 is 2.32. The zero-order valence-corrected chi connectivity index (χ0v) is 12.4. The zero-order valence-electron chi connectivity index (χ0n) is 12.4. The van der Waals surface area contributed by atoms with Crippen LogP contribution in [0.5, 0.6) is 0 Å². The lowest BCUT2D eigenvalue weighted by Crippen LogP contribution is -2.39. The number of imidazole rings is 1. The molecule has 3 nitrogen and oxygen atoms in total. The van der Waals surface area contributed by atoms with Crippen LogP contribution in [-0.4, -0.2) is 22.6 Å². The average Bonchev–Trinajstić information content (AvgIpc) is 2.88. The predicted molar refractivity (Wildman–Crippen MR) is 82.0 cm³/mol. The van der Waals surface area contributed by atoms with Gasteiger partial charge in [-0.25, -0.2) is 4.98 Å². The van der Waals surface area contributed by atoms with Crippen molar-refractivity contribution >= 4 is 0 Å². The molecule has 3 heteroatoms. The van der Waals surface area contributed by atoms with Gasteiger partial charge in [-0.2, -0.15) is 0 Å². The lowest BCUT2D eigenvalue weighted by molar-refractivity contribution is 0.318. The summed E-state index contributed by atoms with van der Waals surface area (Å²) in [6, 6.07) is 8.73. The number of hydrogen-bond acceptors (Lipinski definition) is 2. The highest BCUT2D eigenvalue weighted by Crippen LogP contribution is 2.32. The average molecular weight is 269 g/mol. The number of aromatic nitrogens is 2. The highest BCUT2D eigenvalue weighted by Gasteiger charge is 2.31. The minimum atomic E-state index is 0.256. The van der Waals surface area contributed by atoms with Crippen LogP contribution in [0.15, 0.2) is 36.8 Å². The third-order valence-corrected chi connectivity index (χ3v) is 4.47. The molecule has 106 valence electrons. The molecule has 0 saturated carbocycles. The first kappa shape index (κ1) is 13.4. The fourth-order valence-corrected chi connectivity index (χ4v) is 3.19. The summed E-state index contributed by atoms with van der Waals surface area (Å²) >= 11 is 0. The second-order valence-electron chi connectivity index (χ2n) is 6.21. The van der Waals surface area contributed by atoms with Crippen molar-refractivity contribution in [2.45, 2.75) is 38.6 Å². The van der Waals surface area contributed by atoms with E-state index in [1.165, 1.54) is 29.7 Å². The standard InChI is InChI=1S/C17H23N3/c1-14-4-3-5-15(10-14)12-20-13-19-11-16(20)17(2)6-8-18-9-7-17/h3-5,10-11,13,18H,6-9,12H2,1-2H3. The highest BCUT2D eigenvalue weighted by molar-refractivity contribution is 5.24. The van der Waals surface area contributed by atoms with Crippen molar-refractivity contribution in [3.8, 4) is 0 Å². The van der Waals surface area contributed by atoms with Gasteiger partial charge in [0, 0.05) is 23.9 Å². The Morgan fingerprint density at radius 1 is 1.30 bits per heavy atom. The van der Waals surface area contributed by atoms with E-state index in [4.69, 9.17) is 0 Å². The van der Waals surface area contributed by atoms with E-state index in [9.17, 15) is 0 Å². The monoisotopic (exact) mass is 269 g/mol. The number of piperidine rings is 1. The summed E-state index contributed by atoms with van der Waals surface area (Å²) in [5.74, 6) is 0. The highest BCUT2D eigenvalue weighted by atomic mass is 15.1. The van der Waals surface area contributed by atoms with Crippen LogP contribution < -0.4 is 5.32 Å². The maximum atomic E-state index is 4.40. The SMILES string of the molecule is Cc1cccc(Cn2cncc2C2(C)CCNCC2)c1. The van der Waals surface area contributed by atoms with Gasteiger partial charge in [-0.15, -0.1) is 0 Å². The molecule has 0 unspecified atom stereocenters. The molecule has 3 rings (SSSR count). The Morgan fingerprint density at radius 2 is 2.10 bits per heavy atom. The molecule has 0 atom stereocenters. The number of benzene rings is 1. The van der Waals surface area contributed by atoms with Crippen molar-refractivity contribution in [2.24, 2.45) is 0 Å². The van der Waals surface area contributed by atoms with Gasteiger partial charge in [0.2, 0.25) is 0 Å². The van der Waals surface area contributed by atoms with Crippen LogP contribution in [0.1, 0.15) is 36.6 Å². The summed E-state index contributed by atoms with van der Waals surface area (Å²) in [5, 5.41) is 3.45.